The predicted octanol–water partition coefficient (Wildman–Crippen LogP) is 3.04. The molecule has 2 aromatic carbocycles. The van der Waals surface area contributed by atoms with E-state index in [1.165, 1.54) is 15.9 Å². The van der Waals surface area contributed by atoms with Crippen molar-refractivity contribution >= 4 is 32.8 Å². The molecule has 27 heavy (non-hydrogen) atoms. The summed E-state index contributed by atoms with van der Waals surface area (Å²) in [6, 6.07) is 10.5. The highest BCUT2D eigenvalue weighted by molar-refractivity contribution is 7.89. The molecular formula is C18H16FN3O3S2. The Morgan fingerprint density at radius 1 is 1.07 bits per heavy atom. The second-order valence-corrected chi connectivity index (χ2v) is 9.29. The van der Waals surface area contributed by atoms with Gasteiger partial charge in [0.1, 0.15) is 15.9 Å². The third-order valence-electron chi connectivity index (χ3n) is 5.49. The van der Waals surface area contributed by atoms with Crippen LogP contribution < -0.4 is 0 Å². The number of sulfonamides is 1. The number of hydrogen-bond donors (Lipinski definition) is 0. The molecule has 5 rings (SSSR count). The molecule has 3 heterocycles. The maximum Gasteiger partial charge on any atom is 0.245 e. The van der Waals surface area contributed by atoms with Crippen molar-refractivity contribution in [2.75, 3.05) is 13.1 Å². The third-order valence-corrected chi connectivity index (χ3v) is 7.95. The molecule has 1 saturated heterocycles. The van der Waals surface area contributed by atoms with Gasteiger partial charge in [-0.05, 0) is 36.1 Å². The normalized spacial score (nSPS) is 19.6. The lowest BCUT2D eigenvalue weighted by Crippen LogP contribution is -2.45. The Morgan fingerprint density at radius 2 is 1.81 bits per heavy atom. The first-order chi connectivity index (χ1) is 13.0. The van der Waals surface area contributed by atoms with Gasteiger partial charge in [0.25, 0.3) is 0 Å². The van der Waals surface area contributed by atoms with Gasteiger partial charge in [0.15, 0.2) is 5.82 Å². The van der Waals surface area contributed by atoms with Crippen LogP contribution in [0.25, 0.3) is 11.0 Å². The first-order valence-electron chi connectivity index (χ1n) is 8.65. The summed E-state index contributed by atoms with van der Waals surface area (Å²) in [5.41, 5.74) is 2.02. The zero-order valence-electron chi connectivity index (χ0n) is 14.3. The van der Waals surface area contributed by atoms with Crippen molar-refractivity contribution < 1.29 is 17.5 Å². The number of nitrogens with zero attached hydrogens (tertiary/aromatic N) is 3. The van der Waals surface area contributed by atoms with Crippen molar-refractivity contribution in [3.8, 4) is 0 Å². The number of rotatable bonds is 2. The Balaban J connectivity index is 1.45. The van der Waals surface area contributed by atoms with E-state index in [9.17, 15) is 12.8 Å². The molecule has 0 bridgehead atoms. The van der Waals surface area contributed by atoms with Crippen molar-refractivity contribution in [3.05, 3.63) is 53.3 Å². The number of fused-ring (bicyclic) bond motifs is 3. The molecule has 0 atom stereocenters. The zero-order valence-corrected chi connectivity index (χ0v) is 15.9. The monoisotopic (exact) mass is 405 g/mol. The van der Waals surface area contributed by atoms with Gasteiger partial charge in [-0.3, -0.25) is 0 Å². The van der Waals surface area contributed by atoms with Crippen LogP contribution in [0.4, 0.5) is 4.39 Å². The SMILES string of the molecule is O=S(=O)(c1ccc(F)c2nsnc12)N1CCC2(CC1)OCc1ccccc12. The quantitative estimate of drug-likeness (QED) is 0.655. The lowest BCUT2D eigenvalue weighted by Gasteiger charge is -2.38. The largest absolute Gasteiger partial charge is 0.365 e. The lowest BCUT2D eigenvalue weighted by molar-refractivity contribution is -0.0688. The summed E-state index contributed by atoms with van der Waals surface area (Å²) in [6.07, 6.45) is 1.17. The van der Waals surface area contributed by atoms with Crippen molar-refractivity contribution in [2.24, 2.45) is 0 Å². The maximum absolute atomic E-state index is 13.9. The highest BCUT2D eigenvalue weighted by atomic mass is 32.2. The van der Waals surface area contributed by atoms with Crippen LogP contribution in [0.3, 0.4) is 0 Å². The molecule has 0 N–H and O–H groups in total. The molecule has 2 aliphatic rings. The molecule has 1 spiro atoms. The Morgan fingerprint density at radius 3 is 2.63 bits per heavy atom. The van der Waals surface area contributed by atoms with Crippen LogP contribution in [0.15, 0.2) is 41.3 Å². The standard InChI is InChI=1S/C18H16FN3O3S2/c19-14-5-6-15(17-16(14)20-26-21-17)27(23,24)22-9-7-18(8-10-22)13-4-2-1-3-12(13)11-25-18/h1-6H,7-11H2. The van der Waals surface area contributed by atoms with Crippen molar-refractivity contribution in [3.63, 3.8) is 0 Å². The van der Waals surface area contributed by atoms with E-state index in [2.05, 4.69) is 20.9 Å². The highest BCUT2D eigenvalue weighted by Crippen LogP contribution is 2.44. The summed E-state index contributed by atoms with van der Waals surface area (Å²) < 4.78 is 55.6. The molecule has 2 aliphatic heterocycles. The first-order valence-corrected chi connectivity index (χ1v) is 10.8. The predicted molar refractivity (Wildman–Crippen MR) is 98.3 cm³/mol. The summed E-state index contributed by atoms with van der Waals surface area (Å²) in [6.45, 7) is 1.24. The van der Waals surface area contributed by atoms with E-state index in [0.717, 1.165) is 23.4 Å². The Bertz CT molecular complexity index is 1140. The fourth-order valence-corrected chi connectivity index (χ4v) is 6.24. The van der Waals surface area contributed by atoms with E-state index in [0.29, 0.717) is 32.5 Å². The lowest BCUT2D eigenvalue weighted by atomic mass is 9.84. The van der Waals surface area contributed by atoms with Gasteiger partial charge in [-0.2, -0.15) is 13.1 Å². The molecule has 0 saturated carbocycles. The molecule has 0 radical (unpaired) electrons. The number of hydrogen-bond acceptors (Lipinski definition) is 6. The number of piperidine rings is 1. The van der Waals surface area contributed by atoms with Gasteiger partial charge in [-0.25, -0.2) is 12.8 Å². The summed E-state index contributed by atoms with van der Waals surface area (Å²) in [4.78, 5) is 0.0105. The Kier molecular flexibility index (Phi) is 3.84. The van der Waals surface area contributed by atoms with E-state index in [1.54, 1.807) is 0 Å². The molecule has 0 amide bonds. The van der Waals surface area contributed by atoms with Gasteiger partial charge in [0, 0.05) is 13.1 Å². The maximum atomic E-state index is 13.9. The molecule has 140 valence electrons. The Labute approximate surface area is 160 Å². The zero-order chi connectivity index (χ0) is 18.6. The fraction of sp³-hybridized carbons (Fsp3) is 0.333. The van der Waals surface area contributed by atoms with Gasteiger partial charge < -0.3 is 4.74 Å². The summed E-state index contributed by atoms with van der Waals surface area (Å²) in [5.74, 6) is -0.564. The average Bonchev–Trinajstić information content (AvgIpc) is 3.29. The second-order valence-electron chi connectivity index (χ2n) is 6.85. The van der Waals surface area contributed by atoms with Crippen molar-refractivity contribution in [1.29, 1.82) is 0 Å². The molecule has 1 fully saturated rings. The first kappa shape index (κ1) is 17.2. The van der Waals surface area contributed by atoms with Crippen LogP contribution in [-0.4, -0.2) is 34.6 Å². The van der Waals surface area contributed by atoms with E-state index in [1.807, 2.05) is 12.1 Å². The molecular weight excluding hydrogens is 389 g/mol. The third kappa shape index (κ3) is 2.53. The minimum absolute atomic E-state index is 0.00242. The van der Waals surface area contributed by atoms with Crippen LogP contribution in [0.2, 0.25) is 0 Å². The van der Waals surface area contributed by atoms with Gasteiger partial charge >= 0.3 is 0 Å². The molecule has 0 aliphatic carbocycles. The summed E-state index contributed by atoms with van der Waals surface area (Å²) in [5, 5.41) is 0. The number of aromatic nitrogens is 2. The van der Waals surface area contributed by atoms with E-state index in [-0.39, 0.29) is 15.9 Å². The van der Waals surface area contributed by atoms with Crippen LogP contribution in [0.5, 0.6) is 0 Å². The van der Waals surface area contributed by atoms with Crippen LogP contribution in [0.1, 0.15) is 24.0 Å². The van der Waals surface area contributed by atoms with E-state index in [4.69, 9.17) is 4.74 Å². The second kappa shape index (κ2) is 6.03. The van der Waals surface area contributed by atoms with Gasteiger partial charge in [-0.15, -0.1) is 0 Å². The van der Waals surface area contributed by atoms with Crippen LogP contribution in [0, 0.1) is 5.82 Å². The van der Waals surface area contributed by atoms with Gasteiger partial charge in [0.2, 0.25) is 10.0 Å². The van der Waals surface area contributed by atoms with Crippen LogP contribution in [-0.2, 0) is 27.0 Å². The Hall–Kier alpha value is -1.94. The highest BCUT2D eigenvalue weighted by Gasteiger charge is 2.45. The van der Waals surface area contributed by atoms with Gasteiger partial charge in [-0.1, -0.05) is 24.3 Å². The minimum atomic E-state index is -3.78. The van der Waals surface area contributed by atoms with E-state index < -0.39 is 21.4 Å². The smallest absolute Gasteiger partial charge is 0.245 e. The van der Waals surface area contributed by atoms with Crippen LogP contribution >= 0.6 is 11.7 Å². The molecule has 3 aromatic rings. The summed E-state index contributed by atoms with van der Waals surface area (Å²) in [7, 11) is -3.78. The summed E-state index contributed by atoms with van der Waals surface area (Å²) >= 11 is 0.809. The molecule has 9 heteroatoms. The molecule has 0 unspecified atom stereocenters. The number of ether oxygens (including phenoxy) is 1. The number of halogens is 1. The average molecular weight is 405 g/mol. The van der Waals surface area contributed by atoms with Crippen molar-refractivity contribution in [1.82, 2.24) is 13.1 Å². The minimum Gasteiger partial charge on any atom is -0.365 e. The molecule has 6 nitrogen and oxygen atoms in total. The topological polar surface area (TPSA) is 72.4 Å². The van der Waals surface area contributed by atoms with Gasteiger partial charge in [0.05, 0.1) is 23.9 Å². The molecule has 1 aromatic heterocycles. The van der Waals surface area contributed by atoms with Crippen molar-refractivity contribution in [2.45, 2.75) is 29.9 Å². The fourth-order valence-electron chi connectivity index (χ4n) is 4.05. The van der Waals surface area contributed by atoms with E-state index >= 15 is 0 Å². The number of benzene rings is 2.